The van der Waals surface area contributed by atoms with Crippen LogP contribution < -0.4 is 5.32 Å². The van der Waals surface area contributed by atoms with Crippen molar-refractivity contribution in [3.05, 3.63) is 0 Å². The molecule has 2 N–H and O–H groups in total. The first-order valence-electron chi connectivity index (χ1n) is 3.32. The van der Waals surface area contributed by atoms with Gasteiger partial charge in [-0.1, -0.05) is 0 Å². The van der Waals surface area contributed by atoms with E-state index in [4.69, 9.17) is 5.11 Å². The van der Waals surface area contributed by atoms with Gasteiger partial charge in [0, 0.05) is 19.3 Å². The number of carboxylic acids is 1. The first-order valence-corrected chi connectivity index (χ1v) is 3.32. The summed E-state index contributed by atoms with van der Waals surface area (Å²) >= 11 is 0. The molecular formula is C6H12N2O2. The third kappa shape index (κ3) is 1.97. The Labute approximate surface area is 59.8 Å². The Balaban J connectivity index is 2.24. The molecule has 10 heavy (non-hydrogen) atoms. The lowest BCUT2D eigenvalue weighted by molar-refractivity contribution is -0.137. The van der Waals surface area contributed by atoms with Crippen LogP contribution in [-0.4, -0.2) is 42.3 Å². The van der Waals surface area contributed by atoms with Gasteiger partial charge in [-0.15, -0.1) is 0 Å². The summed E-state index contributed by atoms with van der Waals surface area (Å²) in [5.74, 6) is -0.729. The zero-order chi connectivity index (χ0) is 7.56. The van der Waals surface area contributed by atoms with Crippen molar-refractivity contribution in [2.45, 2.75) is 12.5 Å². The minimum atomic E-state index is -0.729. The maximum atomic E-state index is 10.2. The van der Waals surface area contributed by atoms with Crippen molar-refractivity contribution in [1.82, 2.24) is 10.2 Å². The molecule has 1 saturated heterocycles. The first kappa shape index (κ1) is 7.50. The average Bonchev–Trinajstić information content (AvgIpc) is 2.13. The molecule has 1 aliphatic rings. The maximum absolute atomic E-state index is 10.2. The van der Waals surface area contributed by atoms with Gasteiger partial charge in [-0.2, -0.15) is 0 Å². The summed E-state index contributed by atoms with van der Waals surface area (Å²) in [6.45, 7) is 1.64. The smallest absolute Gasteiger partial charge is 0.304 e. The largest absolute Gasteiger partial charge is 0.481 e. The lowest BCUT2D eigenvalue weighted by Gasteiger charge is -2.05. The second-order valence-corrected chi connectivity index (χ2v) is 2.70. The third-order valence-electron chi connectivity index (χ3n) is 1.60. The van der Waals surface area contributed by atoms with E-state index in [9.17, 15) is 4.79 Å². The van der Waals surface area contributed by atoms with Crippen molar-refractivity contribution >= 4 is 5.97 Å². The molecule has 4 heteroatoms. The number of hydrogen-bond acceptors (Lipinski definition) is 3. The number of rotatable bonds is 2. The summed E-state index contributed by atoms with van der Waals surface area (Å²) in [5.41, 5.74) is 0. The van der Waals surface area contributed by atoms with Gasteiger partial charge in [0.15, 0.2) is 0 Å². The van der Waals surface area contributed by atoms with Crippen LogP contribution >= 0.6 is 0 Å². The van der Waals surface area contributed by atoms with E-state index in [2.05, 4.69) is 10.2 Å². The lowest BCUT2D eigenvalue weighted by atomic mass is 10.2. The number of carbonyl (C=O) groups is 1. The van der Waals surface area contributed by atoms with Gasteiger partial charge in [0.05, 0.1) is 6.42 Å². The molecule has 0 aliphatic carbocycles. The van der Waals surface area contributed by atoms with Gasteiger partial charge in [-0.3, -0.25) is 15.0 Å². The Kier molecular flexibility index (Phi) is 2.24. The Bertz CT molecular complexity index is 138. The fraction of sp³-hybridized carbons (Fsp3) is 0.833. The molecule has 1 fully saturated rings. The van der Waals surface area contributed by atoms with Crippen molar-refractivity contribution in [3.8, 4) is 0 Å². The molecule has 1 heterocycles. The summed E-state index contributed by atoms with van der Waals surface area (Å²) < 4.78 is 0. The monoisotopic (exact) mass is 144 g/mol. The van der Waals surface area contributed by atoms with Crippen molar-refractivity contribution in [2.75, 3.05) is 20.3 Å². The number of hydrogen-bond donors (Lipinski definition) is 2. The van der Waals surface area contributed by atoms with Gasteiger partial charge in [0.2, 0.25) is 0 Å². The van der Waals surface area contributed by atoms with Crippen LogP contribution in [0.5, 0.6) is 0 Å². The second kappa shape index (κ2) is 2.98. The highest BCUT2D eigenvalue weighted by molar-refractivity contribution is 5.67. The van der Waals surface area contributed by atoms with Crippen molar-refractivity contribution in [2.24, 2.45) is 0 Å². The van der Waals surface area contributed by atoms with Gasteiger partial charge in [-0.05, 0) is 7.05 Å². The number of carboxylic acid groups (broad SMARTS) is 1. The number of nitrogens with one attached hydrogen (secondary N) is 1. The van der Waals surface area contributed by atoms with Crippen LogP contribution in [-0.2, 0) is 4.79 Å². The maximum Gasteiger partial charge on any atom is 0.304 e. The van der Waals surface area contributed by atoms with Gasteiger partial charge in [-0.25, -0.2) is 0 Å². The van der Waals surface area contributed by atoms with Crippen molar-refractivity contribution < 1.29 is 9.90 Å². The SMILES string of the molecule is CN1CN[C@H](CC(=O)O)C1. The van der Waals surface area contributed by atoms with E-state index in [1.165, 1.54) is 0 Å². The Hall–Kier alpha value is -0.610. The van der Waals surface area contributed by atoms with E-state index >= 15 is 0 Å². The van der Waals surface area contributed by atoms with Crippen LogP contribution in [0.2, 0.25) is 0 Å². The summed E-state index contributed by atoms with van der Waals surface area (Å²) in [5, 5.41) is 11.5. The molecule has 0 aromatic heterocycles. The molecule has 0 amide bonds. The molecule has 0 radical (unpaired) electrons. The zero-order valence-corrected chi connectivity index (χ0v) is 6.00. The van der Waals surface area contributed by atoms with Gasteiger partial charge in [0.1, 0.15) is 0 Å². The molecule has 1 aliphatic heterocycles. The minimum absolute atomic E-state index is 0.141. The highest BCUT2D eigenvalue weighted by Gasteiger charge is 2.20. The minimum Gasteiger partial charge on any atom is -0.481 e. The van der Waals surface area contributed by atoms with Crippen LogP contribution in [0.4, 0.5) is 0 Å². The number of nitrogens with zero attached hydrogens (tertiary/aromatic N) is 1. The fourth-order valence-corrected chi connectivity index (χ4v) is 1.14. The Morgan fingerprint density at radius 3 is 3.00 bits per heavy atom. The van der Waals surface area contributed by atoms with E-state index in [1.54, 1.807) is 0 Å². The standard InChI is InChI=1S/C6H12N2O2/c1-8-3-5(7-4-8)2-6(9)10/h5,7H,2-4H2,1H3,(H,9,10)/t5-/m1/s1. The molecule has 1 atom stereocenters. The number of likely N-dealkylation sites (N-methyl/N-ethyl adjacent to an activating group) is 1. The summed E-state index contributed by atoms with van der Waals surface area (Å²) in [4.78, 5) is 12.3. The zero-order valence-electron chi connectivity index (χ0n) is 6.00. The van der Waals surface area contributed by atoms with Crippen LogP contribution in [0.25, 0.3) is 0 Å². The molecule has 0 bridgehead atoms. The van der Waals surface area contributed by atoms with Crippen molar-refractivity contribution in [3.63, 3.8) is 0 Å². The second-order valence-electron chi connectivity index (χ2n) is 2.70. The lowest BCUT2D eigenvalue weighted by Crippen LogP contribution is -2.26. The molecule has 0 unspecified atom stereocenters. The molecule has 4 nitrogen and oxygen atoms in total. The first-order chi connectivity index (χ1) is 4.68. The Morgan fingerprint density at radius 2 is 2.60 bits per heavy atom. The molecule has 0 aromatic carbocycles. The third-order valence-corrected chi connectivity index (χ3v) is 1.60. The predicted octanol–water partition coefficient (Wildman–Crippen LogP) is -0.678. The average molecular weight is 144 g/mol. The van der Waals surface area contributed by atoms with Crippen molar-refractivity contribution in [1.29, 1.82) is 0 Å². The van der Waals surface area contributed by atoms with E-state index in [0.717, 1.165) is 13.2 Å². The van der Waals surface area contributed by atoms with Crippen LogP contribution in [0, 0.1) is 0 Å². The predicted molar refractivity (Wildman–Crippen MR) is 36.7 cm³/mol. The molecule has 1 rings (SSSR count). The topological polar surface area (TPSA) is 52.6 Å². The van der Waals surface area contributed by atoms with Crippen LogP contribution in [0.1, 0.15) is 6.42 Å². The van der Waals surface area contributed by atoms with E-state index in [-0.39, 0.29) is 12.5 Å². The summed E-state index contributed by atoms with van der Waals surface area (Å²) in [6, 6.07) is 0.141. The summed E-state index contributed by atoms with van der Waals surface area (Å²) in [6.07, 6.45) is 0.227. The Morgan fingerprint density at radius 1 is 1.90 bits per heavy atom. The molecule has 58 valence electrons. The van der Waals surface area contributed by atoms with Crippen LogP contribution in [0.15, 0.2) is 0 Å². The van der Waals surface area contributed by atoms with Gasteiger partial charge >= 0.3 is 5.97 Å². The van der Waals surface area contributed by atoms with Crippen LogP contribution in [0.3, 0.4) is 0 Å². The quantitative estimate of drug-likeness (QED) is 0.539. The normalized spacial score (nSPS) is 27.1. The van der Waals surface area contributed by atoms with Gasteiger partial charge < -0.3 is 5.11 Å². The fourth-order valence-electron chi connectivity index (χ4n) is 1.14. The molecule has 0 spiro atoms. The molecule has 0 aromatic rings. The summed E-state index contributed by atoms with van der Waals surface area (Å²) in [7, 11) is 1.97. The van der Waals surface area contributed by atoms with E-state index in [1.807, 2.05) is 7.05 Å². The number of aliphatic carboxylic acids is 1. The van der Waals surface area contributed by atoms with Gasteiger partial charge in [0.25, 0.3) is 0 Å². The highest BCUT2D eigenvalue weighted by Crippen LogP contribution is 2.00. The van der Waals surface area contributed by atoms with E-state index < -0.39 is 5.97 Å². The highest BCUT2D eigenvalue weighted by atomic mass is 16.4. The molecule has 0 saturated carbocycles. The van der Waals surface area contributed by atoms with E-state index in [0.29, 0.717) is 0 Å². The molecular weight excluding hydrogens is 132 g/mol.